The maximum atomic E-state index is 12.7. The summed E-state index contributed by atoms with van der Waals surface area (Å²) in [4.78, 5) is 24.0. The fourth-order valence-corrected chi connectivity index (χ4v) is 4.16. The van der Waals surface area contributed by atoms with Crippen LogP contribution in [0.15, 0.2) is 23.2 Å². The average Bonchev–Trinajstić information content (AvgIpc) is 3.07. The molecule has 3 rings (SSSR count). The van der Waals surface area contributed by atoms with Gasteiger partial charge in [0.05, 0.1) is 20.2 Å². The molecule has 0 radical (unpaired) electrons. The normalized spacial score (nSPS) is 18.6. The van der Waals surface area contributed by atoms with Crippen molar-refractivity contribution in [2.45, 2.75) is 39.2 Å². The maximum absolute atomic E-state index is 12.7. The van der Waals surface area contributed by atoms with E-state index in [-0.39, 0.29) is 11.7 Å². The van der Waals surface area contributed by atoms with E-state index in [1.807, 2.05) is 6.07 Å². The predicted molar refractivity (Wildman–Crippen MR) is 123 cm³/mol. The number of benzene rings is 1. The number of phenolic OH excluding ortho intramolecular Hbond substituents is 1. The van der Waals surface area contributed by atoms with Crippen LogP contribution in [0.5, 0.6) is 11.5 Å². The molecule has 8 heteroatoms. The highest BCUT2D eigenvalue weighted by molar-refractivity contribution is 5.80. The number of carbonyl (C=O) groups excluding carboxylic acids is 1. The Morgan fingerprint density at radius 1 is 1.06 bits per heavy atom. The monoisotopic (exact) mass is 431 g/mol. The summed E-state index contributed by atoms with van der Waals surface area (Å²) < 4.78 is 5.10. The number of rotatable bonds is 6. The molecule has 2 saturated heterocycles. The first-order valence-electron chi connectivity index (χ1n) is 11.5. The van der Waals surface area contributed by atoms with E-state index in [0.29, 0.717) is 18.8 Å². The van der Waals surface area contributed by atoms with E-state index < -0.39 is 0 Å². The Kier molecular flexibility index (Phi) is 8.82. The van der Waals surface area contributed by atoms with Crippen LogP contribution in [0.3, 0.4) is 0 Å². The highest BCUT2D eigenvalue weighted by Gasteiger charge is 2.23. The lowest BCUT2D eigenvalue weighted by molar-refractivity contribution is -0.132. The molecule has 1 amide bonds. The summed E-state index contributed by atoms with van der Waals surface area (Å²) in [7, 11) is 1.54. The number of methoxy groups -OCH3 is 1. The number of carbonyl (C=O) groups is 1. The van der Waals surface area contributed by atoms with Gasteiger partial charge in [0.1, 0.15) is 0 Å². The van der Waals surface area contributed by atoms with Crippen molar-refractivity contribution >= 4 is 11.9 Å². The van der Waals surface area contributed by atoms with E-state index in [9.17, 15) is 9.90 Å². The molecule has 0 atom stereocenters. The summed E-state index contributed by atoms with van der Waals surface area (Å²) in [6.45, 7) is 9.07. The Labute approximate surface area is 185 Å². The van der Waals surface area contributed by atoms with Gasteiger partial charge in [-0.05, 0) is 37.5 Å². The van der Waals surface area contributed by atoms with Crippen molar-refractivity contribution in [3.8, 4) is 11.5 Å². The van der Waals surface area contributed by atoms with Gasteiger partial charge < -0.3 is 25.0 Å². The van der Waals surface area contributed by atoms with E-state index in [1.165, 1.54) is 20.0 Å². The molecule has 0 aromatic heterocycles. The van der Waals surface area contributed by atoms with Crippen molar-refractivity contribution in [1.82, 2.24) is 20.0 Å². The molecule has 2 aliphatic rings. The van der Waals surface area contributed by atoms with Gasteiger partial charge in [-0.15, -0.1) is 0 Å². The number of phenols is 1. The van der Waals surface area contributed by atoms with Gasteiger partial charge in [0.15, 0.2) is 17.5 Å². The smallest absolute Gasteiger partial charge is 0.236 e. The van der Waals surface area contributed by atoms with Crippen LogP contribution in [-0.2, 0) is 11.3 Å². The minimum absolute atomic E-state index is 0.128. The van der Waals surface area contributed by atoms with Crippen LogP contribution in [-0.4, -0.2) is 91.1 Å². The summed E-state index contributed by atoms with van der Waals surface area (Å²) in [5.41, 5.74) is 0.926. The van der Waals surface area contributed by atoms with Crippen LogP contribution in [0.4, 0.5) is 0 Å². The van der Waals surface area contributed by atoms with Crippen molar-refractivity contribution in [3.63, 3.8) is 0 Å². The number of nitrogens with one attached hydrogen (secondary N) is 1. The zero-order chi connectivity index (χ0) is 22.1. The number of ether oxygens (including phenoxy) is 1. The molecule has 172 valence electrons. The van der Waals surface area contributed by atoms with Crippen molar-refractivity contribution in [2.75, 3.05) is 59.5 Å². The minimum atomic E-state index is 0.128. The molecule has 2 heterocycles. The van der Waals surface area contributed by atoms with E-state index in [2.05, 4.69) is 26.9 Å². The molecule has 2 N–H and O–H groups in total. The molecule has 2 fully saturated rings. The van der Waals surface area contributed by atoms with Crippen LogP contribution in [0, 0.1) is 0 Å². The number of guanidine groups is 1. The van der Waals surface area contributed by atoms with Gasteiger partial charge in [0.25, 0.3) is 0 Å². The first-order valence-corrected chi connectivity index (χ1v) is 11.5. The standard InChI is InChI=1S/C23H37N5O3/c1-3-24-23(25-17-19-8-9-21(31-2)20(29)16-19)28-14-12-26(13-15-28)18-22(30)27-10-6-4-5-7-11-27/h8-9,16,29H,3-7,10-15,17-18H2,1-2H3,(H,24,25). The molecule has 8 nitrogen and oxygen atoms in total. The number of aromatic hydroxyl groups is 1. The summed E-state index contributed by atoms with van der Waals surface area (Å²) in [6, 6.07) is 5.36. The Morgan fingerprint density at radius 2 is 1.77 bits per heavy atom. The number of amides is 1. The van der Waals surface area contributed by atoms with Gasteiger partial charge in [0.2, 0.25) is 5.91 Å². The topological polar surface area (TPSA) is 80.6 Å². The molecule has 2 aliphatic heterocycles. The fourth-order valence-electron chi connectivity index (χ4n) is 4.16. The van der Waals surface area contributed by atoms with E-state index in [0.717, 1.165) is 70.2 Å². The number of hydrogen-bond donors (Lipinski definition) is 2. The van der Waals surface area contributed by atoms with E-state index in [4.69, 9.17) is 9.73 Å². The lowest BCUT2D eigenvalue weighted by Gasteiger charge is -2.37. The quantitative estimate of drug-likeness (QED) is 0.529. The van der Waals surface area contributed by atoms with Crippen LogP contribution in [0.1, 0.15) is 38.2 Å². The van der Waals surface area contributed by atoms with Gasteiger partial charge >= 0.3 is 0 Å². The number of aliphatic imine (C=N–C) groups is 1. The Bertz CT molecular complexity index is 739. The minimum Gasteiger partial charge on any atom is -0.504 e. The third-order valence-corrected chi connectivity index (χ3v) is 5.98. The molecular weight excluding hydrogens is 394 g/mol. The van der Waals surface area contributed by atoms with E-state index in [1.54, 1.807) is 12.1 Å². The van der Waals surface area contributed by atoms with Crippen molar-refractivity contribution in [3.05, 3.63) is 23.8 Å². The molecule has 0 unspecified atom stereocenters. The number of likely N-dealkylation sites (tertiary alicyclic amines) is 1. The summed E-state index contributed by atoms with van der Waals surface area (Å²) in [5.74, 6) is 1.74. The lowest BCUT2D eigenvalue weighted by Crippen LogP contribution is -2.54. The third kappa shape index (κ3) is 6.75. The molecule has 31 heavy (non-hydrogen) atoms. The maximum Gasteiger partial charge on any atom is 0.236 e. The largest absolute Gasteiger partial charge is 0.504 e. The van der Waals surface area contributed by atoms with Crippen molar-refractivity contribution in [1.29, 1.82) is 0 Å². The van der Waals surface area contributed by atoms with Gasteiger partial charge in [-0.25, -0.2) is 4.99 Å². The number of hydrogen-bond acceptors (Lipinski definition) is 5. The first-order chi connectivity index (χ1) is 15.1. The molecule has 1 aromatic carbocycles. The Hall–Kier alpha value is -2.48. The highest BCUT2D eigenvalue weighted by Crippen LogP contribution is 2.26. The van der Waals surface area contributed by atoms with E-state index >= 15 is 0 Å². The lowest BCUT2D eigenvalue weighted by atomic mass is 10.2. The fraction of sp³-hybridized carbons (Fsp3) is 0.652. The average molecular weight is 432 g/mol. The Morgan fingerprint density at radius 3 is 2.39 bits per heavy atom. The van der Waals surface area contributed by atoms with Crippen LogP contribution < -0.4 is 10.1 Å². The SMILES string of the molecule is CCNC(=NCc1ccc(OC)c(O)c1)N1CCN(CC(=O)N2CCCCCC2)CC1. The summed E-state index contributed by atoms with van der Waals surface area (Å²) >= 11 is 0. The molecule has 0 spiro atoms. The Balaban J connectivity index is 1.52. The molecule has 1 aromatic rings. The first kappa shape index (κ1) is 23.2. The van der Waals surface area contributed by atoms with Gasteiger partial charge in [0, 0.05) is 45.8 Å². The van der Waals surface area contributed by atoms with Gasteiger partial charge in [-0.3, -0.25) is 9.69 Å². The second kappa shape index (κ2) is 11.8. The van der Waals surface area contributed by atoms with Crippen molar-refractivity contribution in [2.24, 2.45) is 4.99 Å². The predicted octanol–water partition coefficient (Wildman–Crippen LogP) is 1.89. The van der Waals surface area contributed by atoms with Gasteiger partial charge in [-0.2, -0.15) is 0 Å². The molecule has 0 saturated carbocycles. The number of nitrogens with zero attached hydrogens (tertiary/aromatic N) is 4. The second-order valence-corrected chi connectivity index (χ2v) is 8.23. The summed E-state index contributed by atoms with van der Waals surface area (Å²) in [5, 5.41) is 13.4. The van der Waals surface area contributed by atoms with Crippen LogP contribution >= 0.6 is 0 Å². The van der Waals surface area contributed by atoms with Gasteiger partial charge in [-0.1, -0.05) is 18.9 Å². The third-order valence-electron chi connectivity index (χ3n) is 5.98. The zero-order valence-corrected chi connectivity index (χ0v) is 19.0. The number of piperazine rings is 1. The molecular formula is C23H37N5O3. The second-order valence-electron chi connectivity index (χ2n) is 8.23. The van der Waals surface area contributed by atoms with Crippen LogP contribution in [0.2, 0.25) is 0 Å². The summed E-state index contributed by atoms with van der Waals surface area (Å²) in [6.07, 6.45) is 4.75. The zero-order valence-electron chi connectivity index (χ0n) is 19.0. The van der Waals surface area contributed by atoms with Crippen molar-refractivity contribution < 1.29 is 14.6 Å². The highest BCUT2D eigenvalue weighted by atomic mass is 16.5. The molecule has 0 bridgehead atoms. The van der Waals surface area contributed by atoms with Crippen LogP contribution in [0.25, 0.3) is 0 Å². The molecule has 0 aliphatic carbocycles.